The Kier molecular flexibility index (Phi) is 4.57. The van der Waals surface area contributed by atoms with E-state index < -0.39 is 17.5 Å². The first-order chi connectivity index (χ1) is 11.5. The summed E-state index contributed by atoms with van der Waals surface area (Å²) in [5.41, 5.74) is 2.21. The van der Waals surface area contributed by atoms with Gasteiger partial charge in [-0.05, 0) is 24.6 Å². The highest BCUT2D eigenvalue weighted by Gasteiger charge is 2.27. The highest BCUT2D eigenvalue weighted by Crippen LogP contribution is 2.22. The molecule has 1 aliphatic heterocycles. The largest absolute Gasteiger partial charge is 0.339 e. The normalized spacial score (nSPS) is 17.4. The van der Waals surface area contributed by atoms with Gasteiger partial charge in [-0.3, -0.25) is 9.69 Å². The van der Waals surface area contributed by atoms with Crippen LogP contribution in [0, 0.1) is 11.6 Å². The molecule has 126 valence electrons. The van der Waals surface area contributed by atoms with Crippen LogP contribution in [0.5, 0.6) is 0 Å². The van der Waals surface area contributed by atoms with Crippen molar-refractivity contribution in [2.45, 2.75) is 19.0 Å². The lowest BCUT2D eigenvalue weighted by molar-refractivity contribution is 0.0722. The zero-order valence-corrected chi connectivity index (χ0v) is 13.7. The average Bonchev–Trinajstić information content (AvgIpc) is 2.55. The van der Waals surface area contributed by atoms with Crippen molar-refractivity contribution in [3.63, 3.8) is 0 Å². The Hall–Kier alpha value is -2.34. The molecule has 0 N–H and O–H groups in total. The third-order valence-corrected chi connectivity index (χ3v) is 4.46. The second kappa shape index (κ2) is 6.65. The molecular formula is C18H19F2N3O. The molecule has 2 aromatic rings. The fraction of sp³-hybridized carbons (Fsp3) is 0.333. The van der Waals surface area contributed by atoms with Crippen LogP contribution < -0.4 is 0 Å². The zero-order chi connectivity index (χ0) is 17.3. The number of pyridine rings is 1. The van der Waals surface area contributed by atoms with Gasteiger partial charge in [0.25, 0.3) is 5.91 Å². The summed E-state index contributed by atoms with van der Waals surface area (Å²) in [6.07, 6.45) is 1.68. The van der Waals surface area contributed by atoms with Gasteiger partial charge in [0.2, 0.25) is 0 Å². The van der Waals surface area contributed by atoms with E-state index in [-0.39, 0.29) is 11.7 Å². The number of aromatic nitrogens is 1. The molecule has 1 aromatic carbocycles. The van der Waals surface area contributed by atoms with E-state index in [4.69, 9.17) is 0 Å². The Balaban J connectivity index is 1.72. The van der Waals surface area contributed by atoms with Gasteiger partial charge in [0, 0.05) is 32.2 Å². The van der Waals surface area contributed by atoms with Gasteiger partial charge in [-0.25, -0.2) is 13.8 Å². The van der Waals surface area contributed by atoms with Crippen LogP contribution >= 0.6 is 0 Å². The Labute approximate surface area is 139 Å². The quantitative estimate of drug-likeness (QED) is 0.867. The third-order valence-electron chi connectivity index (χ3n) is 4.46. The van der Waals surface area contributed by atoms with Gasteiger partial charge in [0.15, 0.2) is 11.5 Å². The summed E-state index contributed by atoms with van der Waals surface area (Å²) in [6.45, 7) is 1.26. The number of nitrogens with zero attached hydrogens (tertiary/aromatic N) is 3. The van der Waals surface area contributed by atoms with Crippen molar-refractivity contribution < 1.29 is 13.6 Å². The van der Waals surface area contributed by atoms with Crippen molar-refractivity contribution in [2.75, 3.05) is 20.6 Å². The fourth-order valence-corrected chi connectivity index (χ4v) is 3.07. The molecule has 0 spiro atoms. The van der Waals surface area contributed by atoms with E-state index >= 15 is 0 Å². The molecule has 1 unspecified atom stereocenters. The molecule has 1 aliphatic rings. The van der Waals surface area contributed by atoms with Gasteiger partial charge in [-0.15, -0.1) is 0 Å². The van der Waals surface area contributed by atoms with Crippen molar-refractivity contribution in [2.24, 2.45) is 0 Å². The summed E-state index contributed by atoms with van der Waals surface area (Å²) >= 11 is 0. The topological polar surface area (TPSA) is 36.4 Å². The van der Waals surface area contributed by atoms with Gasteiger partial charge >= 0.3 is 0 Å². The maximum atomic E-state index is 13.8. The number of benzene rings is 1. The summed E-state index contributed by atoms with van der Waals surface area (Å²) in [7, 11) is 3.62. The Bertz CT molecular complexity index is 766. The van der Waals surface area contributed by atoms with Gasteiger partial charge in [-0.1, -0.05) is 24.3 Å². The number of halogens is 2. The molecule has 24 heavy (non-hydrogen) atoms. The van der Waals surface area contributed by atoms with Crippen molar-refractivity contribution in [1.29, 1.82) is 0 Å². The summed E-state index contributed by atoms with van der Waals surface area (Å²) < 4.78 is 26.7. The number of carbonyl (C=O) groups is 1. The number of amides is 1. The number of hydrogen-bond donors (Lipinski definition) is 0. The molecule has 0 bridgehead atoms. The van der Waals surface area contributed by atoms with E-state index in [0.29, 0.717) is 12.6 Å². The summed E-state index contributed by atoms with van der Waals surface area (Å²) in [4.78, 5) is 19.6. The molecule has 0 saturated carbocycles. The van der Waals surface area contributed by atoms with Gasteiger partial charge in [-0.2, -0.15) is 0 Å². The molecular weight excluding hydrogens is 312 g/mol. The molecule has 0 aliphatic carbocycles. The Morgan fingerprint density at radius 2 is 2.04 bits per heavy atom. The molecule has 0 fully saturated rings. The first-order valence-electron chi connectivity index (χ1n) is 7.79. The predicted octanol–water partition coefficient (Wildman–Crippen LogP) is 2.49. The van der Waals surface area contributed by atoms with Crippen LogP contribution in [0.15, 0.2) is 36.5 Å². The summed E-state index contributed by atoms with van der Waals surface area (Å²) in [5.74, 6) is -2.27. The van der Waals surface area contributed by atoms with E-state index in [9.17, 15) is 13.6 Å². The van der Waals surface area contributed by atoms with Crippen molar-refractivity contribution in [3.8, 4) is 0 Å². The second-order valence-electron chi connectivity index (χ2n) is 6.21. The molecule has 1 atom stereocenters. The minimum absolute atomic E-state index is 0.136. The number of fused-ring (bicyclic) bond motifs is 1. The maximum absolute atomic E-state index is 13.8. The van der Waals surface area contributed by atoms with E-state index in [2.05, 4.69) is 22.0 Å². The smallest absolute Gasteiger partial charge is 0.275 e. The maximum Gasteiger partial charge on any atom is 0.275 e. The lowest BCUT2D eigenvalue weighted by atomic mass is 9.94. The van der Waals surface area contributed by atoms with E-state index in [1.165, 1.54) is 16.0 Å². The molecule has 1 aromatic heterocycles. The lowest BCUT2D eigenvalue weighted by Gasteiger charge is -2.36. The lowest BCUT2D eigenvalue weighted by Crippen LogP contribution is -2.46. The second-order valence-corrected chi connectivity index (χ2v) is 6.21. The fourth-order valence-electron chi connectivity index (χ4n) is 3.07. The third kappa shape index (κ3) is 3.28. The van der Waals surface area contributed by atoms with Crippen molar-refractivity contribution in [3.05, 3.63) is 65.0 Å². The zero-order valence-electron chi connectivity index (χ0n) is 13.7. The molecule has 1 amide bonds. The number of likely N-dealkylation sites (N-methyl/N-ethyl adjacent to an activating group) is 2. The number of rotatable bonds is 3. The van der Waals surface area contributed by atoms with Crippen molar-refractivity contribution in [1.82, 2.24) is 14.8 Å². The molecule has 0 saturated heterocycles. The van der Waals surface area contributed by atoms with Crippen LogP contribution in [-0.4, -0.2) is 47.4 Å². The van der Waals surface area contributed by atoms with Gasteiger partial charge in [0.05, 0.1) is 6.20 Å². The van der Waals surface area contributed by atoms with Gasteiger partial charge in [0.1, 0.15) is 5.82 Å². The first kappa shape index (κ1) is 16.5. The molecule has 3 rings (SSSR count). The first-order valence-corrected chi connectivity index (χ1v) is 7.79. The van der Waals surface area contributed by atoms with Crippen LogP contribution in [0.4, 0.5) is 8.78 Å². The summed E-state index contributed by atoms with van der Waals surface area (Å²) in [5, 5.41) is 0. The SMILES string of the molecule is CN(CC1Cc2ccccc2CN1C)C(=O)c1ncc(F)cc1F. The van der Waals surface area contributed by atoms with Crippen LogP contribution in [-0.2, 0) is 13.0 Å². The predicted molar refractivity (Wildman–Crippen MR) is 86.5 cm³/mol. The van der Waals surface area contributed by atoms with E-state index in [1.54, 1.807) is 7.05 Å². The summed E-state index contributed by atoms with van der Waals surface area (Å²) in [6, 6.07) is 9.04. The average molecular weight is 331 g/mol. The van der Waals surface area contributed by atoms with Gasteiger partial charge < -0.3 is 4.90 Å². The molecule has 2 heterocycles. The number of carbonyl (C=O) groups excluding carboxylic acids is 1. The number of hydrogen-bond acceptors (Lipinski definition) is 3. The van der Waals surface area contributed by atoms with Crippen LogP contribution in [0.1, 0.15) is 21.6 Å². The monoisotopic (exact) mass is 331 g/mol. The standard InChI is InChI=1S/C18H19F2N3O/c1-22-10-13-6-4-3-5-12(13)7-15(22)11-23(2)18(24)17-16(20)8-14(19)9-21-17/h3-6,8-9,15H,7,10-11H2,1-2H3. The Morgan fingerprint density at radius 3 is 2.75 bits per heavy atom. The minimum Gasteiger partial charge on any atom is -0.339 e. The molecule has 6 heteroatoms. The Morgan fingerprint density at radius 1 is 1.33 bits per heavy atom. The van der Waals surface area contributed by atoms with Crippen molar-refractivity contribution >= 4 is 5.91 Å². The van der Waals surface area contributed by atoms with E-state index in [0.717, 1.165) is 19.2 Å². The van der Waals surface area contributed by atoms with Crippen LogP contribution in [0.25, 0.3) is 0 Å². The van der Waals surface area contributed by atoms with E-state index in [1.807, 2.05) is 19.2 Å². The molecule has 0 radical (unpaired) electrons. The highest BCUT2D eigenvalue weighted by atomic mass is 19.1. The van der Waals surface area contributed by atoms with Crippen LogP contribution in [0.3, 0.4) is 0 Å². The molecule has 4 nitrogen and oxygen atoms in total. The minimum atomic E-state index is -0.936. The van der Waals surface area contributed by atoms with Crippen LogP contribution in [0.2, 0.25) is 0 Å². The highest BCUT2D eigenvalue weighted by molar-refractivity contribution is 5.92.